The summed E-state index contributed by atoms with van der Waals surface area (Å²) >= 11 is 0. The average Bonchev–Trinajstić information content (AvgIpc) is 2.69. The topological polar surface area (TPSA) is 58.5 Å². The Morgan fingerprint density at radius 1 is 1.27 bits per heavy atom. The lowest BCUT2D eigenvalue weighted by atomic mass is 10.2. The SMILES string of the molecule is CS(=O)(=O)c1ccc(C2=NCCN2)cc1. The number of aliphatic imine (C=N–C) groups is 1. The average molecular weight is 224 g/mol. The van der Waals surface area contributed by atoms with Gasteiger partial charge in [-0.15, -0.1) is 0 Å². The third kappa shape index (κ3) is 2.18. The van der Waals surface area contributed by atoms with E-state index in [2.05, 4.69) is 10.3 Å². The molecule has 1 aromatic rings. The molecule has 1 aliphatic heterocycles. The smallest absolute Gasteiger partial charge is 0.175 e. The maximum absolute atomic E-state index is 11.2. The fourth-order valence-electron chi connectivity index (χ4n) is 1.45. The Morgan fingerprint density at radius 3 is 2.40 bits per heavy atom. The zero-order valence-electron chi connectivity index (χ0n) is 8.40. The van der Waals surface area contributed by atoms with Gasteiger partial charge in [-0.25, -0.2) is 8.42 Å². The maximum Gasteiger partial charge on any atom is 0.175 e. The Morgan fingerprint density at radius 2 is 1.93 bits per heavy atom. The minimum Gasteiger partial charge on any atom is -0.368 e. The molecule has 0 spiro atoms. The summed E-state index contributed by atoms with van der Waals surface area (Å²) in [6.45, 7) is 1.63. The number of amidine groups is 1. The standard InChI is InChI=1S/C10H12N2O2S/c1-15(13,14)9-4-2-8(3-5-9)10-11-6-7-12-10/h2-5H,6-7H2,1H3,(H,11,12). The fraction of sp³-hybridized carbons (Fsp3) is 0.300. The number of rotatable bonds is 2. The van der Waals surface area contributed by atoms with E-state index in [-0.39, 0.29) is 0 Å². The number of hydrogen-bond donors (Lipinski definition) is 1. The van der Waals surface area contributed by atoms with Gasteiger partial charge in [0.1, 0.15) is 5.84 Å². The molecule has 0 bridgehead atoms. The molecule has 80 valence electrons. The molecule has 0 aromatic heterocycles. The first-order chi connectivity index (χ1) is 7.07. The van der Waals surface area contributed by atoms with Crippen molar-refractivity contribution < 1.29 is 8.42 Å². The highest BCUT2D eigenvalue weighted by Gasteiger charge is 2.10. The molecule has 1 heterocycles. The highest BCUT2D eigenvalue weighted by atomic mass is 32.2. The summed E-state index contributed by atoms with van der Waals surface area (Å²) < 4.78 is 22.4. The number of nitrogens with one attached hydrogen (secondary N) is 1. The first-order valence-corrected chi connectivity index (χ1v) is 6.55. The molecule has 1 aromatic carbocycles. The minimum absolute atomic E-state index is 0.338. The molecule has 0 atom stereocenters. The Hall–Kier alpha value is -1.36. The van der Waals surface area contributed by atoms with Gasteiger partial charge in [-0.1, -0.05) is 0 Å². The fourth-order valence-corrected chi connectivity index (χ4v) is 2.08. The summed E-state index contributed by atoms with van der Waals surface area (Å²) in [7, 11) is -3.10. The Kier molecular flexibility index (Phi) is 2.48. The summed E-state index contributed by atoms with van der Waals surface area (Å²) in [6, 6.07) is 6.75. The summed E-state index contributed by atoms with van der Waals surface area (Å²) in [5, 5.41) is 3.13. The number of benzene rings is 1. The van der Waals surface area contributed by atoms with Crippen LogP contribution in [0, 0.1) is 0 Å². The second-order valence-corrected chi connectivity index (χ2v) is 5.47. The molecule has 5 heteroatoms. The summed E-state index contributed by atoms with van der Waals surface area (Å²) in [5.74, 6) is 0.843. The van der Waals surface area contributed by atoms with Gasteiger partial charge >= 0.3 is 0 Å². The molecule has 4 nitrogen and oxygen atoms in total. The van der Waals surface area contributed by atoms with Gasteiger partial charge in [-0.2, -0.15) is 0 Å². The summed E-state index contributed by atoms with van der Waals surface area (Å²) in [5.41, 5.74) is 0.930. The molecule has 0 amide bonds. The molecule has 2 rings (SSSR count). The van der Waals surface area contributed by atoms with E-state index in [4.69, 9.17) is 0 Å². The largest absolute Gasteiger partial charge is 0.368 e. The van der Waals surface area contributed by atoms with E-state index in [0.29, 0.717) is 4.90 Å². The Balaban J connectivity index is 2.32. The molecule has 0 aliphatic carbocycles. The van der Waals surface area contributed by atoms with Crippen LogP contribution in [0.3, 0.4) is 0 Å². The van der Waals surface area contributed by atoms with Crippen LogP contribution in [-0.2, 0) is 9.84 Å². The molecule has 0 radical (unpaired) electrons. The first-order valence-electron chi connectivity index (χ1n) is 4.66. The second kappa shape index (κ2) is 3.66. The van der Waals surface area contributed by atoms with Crippen molar-refractivity contribution in [3.63, 3.8) is 0 Å². The van der Waals surface area contributed by atoms with Crippen molar-refractivity contribution in [2.45, 2.75) is 4.90 Å². The monoisotopic (exact) mass is 224 g/mol. The normalized spacial score (nSPS) is 15.9. The van der Waals surface area contributed by atoms with Gasteiger partial charge in [0.25, 0.3) is 0 Å². The predicted octanol–water partition coefficient (Wildman–Crippen LogP) is 0.440. The lowest BCUT2D eigenvalue weighted by molar-refractivity contribution is 0.602. The third-order valence-electron chi connectivity index (χ3n) is 2.23. The van der Waals surface area contributed by atoms with Gasteiger partial charge in [0.2, 0.25) is 0 Å². The predicted molar refractivity (Wildman–Crippen MR) is 59.0 cm³/mol. The van der Waals surface area contributed by atoms with Crippen molar-refractivity contribution in [1.82, 2.24) is 5.32 Å². The van der Waals surface area contributed by atoms with Crippen LogP contribution < -0.4 is 5.32 Å². The van der Waals surface area contributed by atoms with Crippen LogP contribution in [0.5, 0.6) is 0 Å². The van der Waals surface area contributed by atoms with Crippen LogP contribution in [0.2, 0.25) is 0 Å². The van der Waals surface area contributed by atoms with Gasteiger partial charge in [0.15, 0.2) is 9.84 Å². The quantitative estimate of drug-likeness (QED) is 0.793. The molecule has 0 saturated heterocycles. The zero-order chi connectivity index (χ0) is 10.9. The molecule has 0 saturated carbocycles. The van der Waals surface area contributed by atoms with Crippen LogP contribution in [-0.4, -0.2) is 33.6 Å². The first kappa shape index (κ1) is 10.2. The van der Waals surface area contributed by atoms with Crippen LogP contribution in [0.25, 0.3) is 0 Å². The molecule has 1 aliphatic rings. The lowest BCUT2D eigenvalue weighted by Gasteiger charge is -2.03. The zero-order valence-corrected chi connectivity index (χ0v) is 9.21. The van der Waals surface area contributed by atoms with Crippen LogP contribution >= 0.6 is 0 Å². The van der Waals surface area contributed by atoms with Crippen molar-refractivity contribution in [2.75, 3.05) is 19.3 Å². The van der Waals surface area contributed by atoms with Crippen molar-refractivity contribution in [3.8, 4) is 0 Å². The van der Waals surface area contributed by atoms with Crippen LogP contribution in [0.15, 0.2) is 34.2 Å². The van der Waals surface area contributed by atoms with E-state index in [1.54, 1.807) is 24.3 Å². The van der Waals surface area contributed by atoms with Gasteiger partial charge < -0.3 is 5.32 Å². The van der Waals surface area contributed by atoms with Gasteiger partial charge in [0, 0.05) is 18.4 Å². The lowest BCUT2D eigenvalue weighted by Crippen LogP contribution is -2.19. The van der Waals surface area contributed by atoms with Crippen molar-refractivity contribution >= 4 is 15.7 Å². The number of hydrogen-bond acceptors (Lipinski definition) is 4. The van der Waals surface area contributed by atoms with E-state index in [0.717, 1.165) is 24.5 Å². The summed E-state index contributed by atoms with van der Waals surface area (Å²) in [6.07, 6.45) is 1.20. The Labute approximate surface area is 89.0 Å². The summed E-state index contributed by atoms with van der Waals surface area (Å²) in [4.78, 5) is 4.59. The van der Waals surface area contributed by atoms with Crippen LogP contribution in [0.1, 0.15) is 5.56 Å². The molecular formula is C10H12N2O2S. The van der Waals surface area contributed by atoms with E-state index in [1.807, 2.05) is 0 Å². The second-order valence-electron chi connectivity index (χ2n) is 3.45. The number of sulfone groups is 1. The molecule has 0 fully saturated rings. The van der Waals surface area contributed by atoms with Crippen molar-refractivity contribution in [1.29, 1.82) is 0 Å². The van der Waals surface area contributed by atoms with Gasteiger partial charge in [0.05, 0.1) is 11.4 Å². The van der Waals surface area contributed by atoms with E-state index in [9.17, 15) is 8.42 Å². The van der Waals surface area contributed by atoms with Crippen molar-refractivity contribution in [3.05, 3.63) is 29.8 Å². The van der Waals surface area contributed by atoms with Gasteiger partial charge in [-0.3, -0.25) is 4.99 Å². The number of nitrogens with zero attached hydrogens (tertiary/aromatic N) is 1. The van der Waals surface area contributed by atoms with Gasteiger partial charge in [-0.05, 0) is 24.3 Å². The Bertz CT molecular complexity index is 489. The third-order valence-corrected chi connectivity index (χ3v) is 3.36. The maximum atomic E-state index is 11.2. The highest BCUT2D eigenvalue weighted by molar-refractivity contribution is 7.90. The molecule has 1 N–H and O–H groups in total. The molecule has 15 heavy (non-hydrogen) atoms. The molecule has 0 unspecified atom stereocenters. The van der Waals surface area contributed by atoms with E-state index >= 15 is 0 Å². The molecular weight excluding hydrogens is 212 g/mol. The minimum atomic E-state index is -3.10. The van der Waals surface area contributed by atoms with Crippen LogP contribution in [0.4, 0.5) is 0 Å². The van der Waals surface area contributed by atoms with Crippen molar-refractivity contribution in [2.24, 2.45) is 4.99 Å². The van der Waals surface area contributed by atoms with E-state index in [1.165, 1.54) is 6.26 Å². The van der Waals surface area contributed by atoms with E-state index < -0.39 is 9.84 Å². The highest BCUT2D eigenvalue weighted by Crippen LogP contribution is 2.11.